The molecule has 2 aliphatic rings. The molecule has 0 aromatic carbocycles. The predicted molar refractivity (Wildman–Crippen MR) is 52.0 cm³/mol. The van der Waals surface area contributed by atoms with Crippen molar-refractivity contribution in [2.24, 2.45) is 17.8 Å². The van der Waals surface area contributed by atoms with E-state index in [9.17, 15) is 0 Å². The Labute approximate surface area is 80.3 Å². The van der Waals surface area contributed by atoms with Gasteiger partial charge in [-0.1, -0.05) is 32.1 Å². The molecule has 1 saturated carbocycles. The summed E-state index contributed by atoms with van der Waals surface area (Å²) >= 11 is 0. The summed E-state index contributed by atoms with van der Waals surface area (Å²) in [6, 6.07) is 2.45. The number of hydrogen-bond donors (Lipinski definition) is 1. The van der Waals surface area contributed by atoms with Crippen LogP contribution in [-0.2, 0) is 0 Å². The highest BCUT2D eigenvalue weighted by atomic mass is 14.9. The van der Waals surface area contributed by atoms with Crippen molar-refractivity contribution in [2.75, 3.05) is 13.1 Å². The zero-order chi connectivity index (χ0) is 9.10. The summed E-state index contributed by atoms with van der Waals surface area (Å²) in [5.41, 5.74) is 0. The molecular weight excluding hydrogens is 160 g/mol. The zero-order valence-corrected chi connectivity index (χ0v) is 8.13. The summed E-state index contributed by atoms with van der Waals surface area (Å²) in [6.45, 7) is 2.01. The van der Waals surface area contributed by atoms with Gasteiger partial charge < -0.3 is 5.32 Å². The molecule has 72 valence electrons. The first kappa shape index (κ1) is 9.02. The summed E-state index contributed by atoms with van der Waals surface area (Å²) in [7, 11) is 0. The van der Waals surface area contributed by atoms with Crippen molar-refractivity contribution in [2.45, 2.75) is 32.1 Å². The van der Waals surface area contributed by atoms with Crippen molar-refractivity contribution < 1.29 is 0 Å². The van der Waals surface area contributed by atoms with Crippen molar-refractivity contribution >= 4 is 0 Å². The van der Waals surface area contributed by atoms with Gasteiger partial charge in [0.2, 0.25) is 0 Å². The second-order valence-corrected chi connectivity index (χ2v) is 4.46. The quantitative estimate of drug-likeness (QED) is 0.666. The fourth-order valence-corrected chi connectivity index (χ4v) is 2.90. The molecule has 0 unspecified atom stereocenters. The van der Waals surface area contributed by atoms with E-state index in [1.54, 1.807) is 0 Å². The molecule has 0 spiro atoms. The Bertz CT molecular complexity index is 201. The van der Waals surface area contributed by atoms with Crippen LogP contribution in [0.2, 0.25) is 0 Å². The van der Waals surface area contributed by atoms with E-state index < -0.39 is 0 Å². The van der Waals surface area contributed by atoms with Crippen LogP contribution in [0.3, 0.4) is 0 Å². The van der Waals surface area contributed by atoms with Crippen LogP contribution in [0.25, 0.3) is 0 Å². The van der Waals surface area contributed by atoms with Gasteiger partial charge in [0.25, 0.3) is 0 Å². The number of rotatable bonds is 1. The molecule has 1 heterocycles. The highest BCUT2D eigenvalue weighted by Gasteiger charge is 2.33. The van der Waals surface area contributed by atoms with E-state index in [-0.39, 0.29) is 0 Å². The Morgan fingerprint density at radius 1 is 1.08 bits per heavy atom. The molecular formula is C11H18N2. The lowest BCUT2D eigenvalue weighted by molar-refractivity contribution is 0.240. The van der Waals surface area contributed by atoms with Crippen LogP contribution in [0.5, 0.6) is 0 Å². The molecule has 2 fully saturated rings. The molecule has 0 bridgehead atoms. The van der Waals surface area contributed by atoms with E-state index in [0.717, 1.165) is 19.0 Å². The van der Waals surface area contributed by atoms with Crippen LogP contribution in [0.4, 0.5) is 0 Å². The Hall–Kier alpha value is -0.550. The van der Waals surface area contributed by atoms with E-state index in [2.05, 4.69) is 11.4 Å². The SMILES string of the molecule is N#C[C@H]1CNC[C@H]1C1CCCCC1. The minimum atomic E-state index is 0.295. The summed E-state index contributed by atoms with van der Waals surface area (Å²) in [5, 5.41) is 12.3. The minimum Gasteiger partial charge on any atom is -0.315 e. The third-order valence-corrected chi connectivity index (χ3v) is 3.68. The smallest absolute Gasteiger partial charge is 0.0672 e. The van der Waals surface area contributed by atoms with Crippen LogP contribution in [0.15, 0.2) is 0 Å². The Balaban J connectivity index is 1.94. The number of nitriles is 1. The van der Waals surface area contributed by atoms with Gasteiger partial charge in [-0.25, -0.2) is 0 Å². The molecule has 2 rings (SSSR count). The molecule has 0 aromatic heterocycles. The van der Waals surface area contributed by atoms with Gasteiger partial charge in [0.15, 0.2) is 0 Å². The van der Waals surface area contributed by atoms with Gasteiger partial charge >= 0.3 is 0 Å². The van der Waals surface area contributed by atoms with Gasteiger partial charge in [-0.3, -0.25) is 0 Å². The van der Waals surface area contributed by atoms with Crippen LogP contribution < -0.4 is 5.32 Å². The van der Waals surface area contributed by atoms with E-state index in [4.69, 9.17) is 5.26 Å². The summed E-state index contributed by atoms with van der Waals surface area (Å²) in [4.78, 5) is 0. The van der Waals surface area contributed by atoms with Crippen LogP contribution in [-0.4, -0.2) is 13.1 Å². The predicted octanol–water partition coefficient (Wildman–Crippen LogP) is 1.93. The lowest BCUT2D eigenvalue weighted by Crippen LogP contribution is -2.24. The normalized spacial score (nSPS) is 35.9. The van der Waals surface area contributed by atoms with E-state index in [1.807, 2.05) is 0 Å². The lowest BCUT2D eigenvalue weighted by Gasteiger charge is -2.28. The van der Waals surface area contributed by atoms with Gasteiger partial charge in [-0.15, -0.1) is 0 Å². The summed E-state index contributed by atoms with van der Waals surface area (Å²) in [6.07, 6.45) is 6.92. The van der Waals surface area contributed by atoms with Gasteiger partial charge in [0, 0.05) is 6.54 Å². The molecule has 1 N–H and O–H groups in total. The van der Waals surface area contributed by atoms with Crippen molar-refractivity contribution in [1.82, 2.24) is 5.32 Å². The molecule has 1 aliphatic carbocycles. The maximum atomic E-state index is 8.98. The molecule has 0 amide bonds. The van der Waals surface area contributed by atoms with E-state index in [1.165, 1.54) is 32.1 Å². The summed E-state index contributed by atoms with van der Waals surface area (Å²) in [5.74, 6) is 1.79. The molecule has 13 heavy (non-hydrogen) atoms. The first-order valence-corrected chi connectivity index (χ1v) is 5.52. The van der Waals surface area contributed by atoms with E-state index in [0.29, 0.717) is 11.8 Å². The maximum Gasteiger partial charge on any atom is 0.0672 e. The Kier molecular flexibility index (Phi) is 2.85. The first-order valence-electron chi connectivity index (χ1n) is 5.52. The molecule has 1 aliphatic heterocycles. The van der Waals surface area contributed by atoms with Crippen molar-refractivity contribution in [3.63, 3.8) is 0 Å². The van der Waals surface area contributed by atoms with E-state index >= 15 is 0 Å². The second kappa shape index (κ2) is 4.11. The minimum absolute atomic E-state index is 0.295. The average Bonchev–Trinajstić information content (AvgIpc) is 2.67. The van der Waals surface area contributed by atoms with Crippen molar-refractivity contribution in [3.05, 3.63) is 0 Å². The summed E-state index contributed by atoms with van der Waals surface area (Å²) < 4.78 is 0. The fraction of sp³-hybridized carbons (Fsp3) is 0.909. The highest BCUT2D eigenvalue weighted by Crippen LogP contribution is 2.35. The number of nitrogens with one attached hydrogen (secondary N) is 1. The van der Waals surface area contributed by atoms with Gasteiger partial charge in [-0.05, 0) is 18.4 Å². The van der Waals surface area contributed by atoms with Gasteiger partial charge in [-0.2, -0.15) is 5.26 Å². The second-order valence-electron chi connectivity index (χ2n) is 4.46. The topological polar surface area (TPSA) is 35.8 Å². The monoisotopic (exact) mass is 178 g/mol. The standard InChI is InChI=1S/C11H18N2/c12-6-10-7-13-8-11(10)9-4-2-1-3-5-9/h9-11,13H,1-5,7-8H2/t10-,11-/m0/s1. The highest BCUT2D eigenvalue weighted by molar-refractivity contribution is 4.97. The Morgan fingerprint density at radius 3 is 2.54 bits per heavy atom. The van der Waals surface area contributed by atoms with Gasteiger partial charge in [0.05, 0.1) is 12.0 Å². The van der Waals surface area contributed by atoms with Gasteiger partial charge in [0.1, 0.15) is 0 Å². The third-order valence-electron chi connectivity index (χ3n) is 3.68. The molecule has 2 atom stereocenters. The first-order chi connectivity index (χ1) is 6.42. The van der Waals surface area contributed by atoms with Crippen LogP contribution >= 0.6 is 0 Å². The molecule has 0 radical (unpaired) electrons. The largest absolute Gasteiger partial charge is 0.315 e. The van der Waals surface area contributed by atoms with Crippen LogP contribution in [0.1, 0.15) is 32.1 Å². The average molecular weight is 178 g/mol. The zero-order valence-electron chi connectivity index (χ0n) is 8.13. The number of hydrogen-bond acceptors (Lipinski definition) is 2. The Morgan fingerprint density at radius 2 is 1.85 bits per heavy atom. The molecule has 0 aromatic rings. The van der Waals surface area contributed by atoms with Crippen molar-refractivity contribution in [1.29, 1.82) is 5.26 Å². The number of nitrogens with zero attached hydrogens (tertiary/aromatic N) is 1. The molecule has 2 heteroatoms. The fourth-order valence-electron chi connectivity index (χ4n) is 2.90. The van der Waals surface area contributed by atoms with Crippen molar-refractivity contribution in [3.8, 4) is 6.07 Å². The third kappa shape index (κ3) is 1.86. The molecule has 1 saturated heterocycles. The molecule has 2 nitrogen and oxygen atoms in total. The van der Waals surface area contributed by atoms with Crippen LogP contribution in [0, 0.1) is 29.1 Å². The maximum absolute atomic E-state index is 8.98. The lowest BCUT2D eigenvalue weighted by atomic mass is 9.76.